The van der Waals surface area contributed by atoms with Gasteiger partial charge in [0.1, 0.15) is 0 Å². The summed E-state index contributed by atoms with van der Waals surface area (Å²) in [4.78, 5) is 27.2. The van der Waals surface area contributed by atoms with Crippen molar-refractivity contribution >= 4 is 11.9 Å². The fourth-order valence-electron chi connectivity index (χ4n) is 5.29. The molecule has 2 atom stereocenters. The van der Waals surface area contributed by atoms with E-state index in [1.807, 2.05) is 16.9 Å². The molecular weight excluding hydrogens is 390 g/mol. The lowest BCUT2D eigenvalue weighted by molar-refractivity contribution is -0.132. The number of hydrogen-bond donors (Lipinski definition) is 1. The third-order valence-corrected chi connectivity index (χ3v) is 7.22. The summed E-state index contributed by atoms with van der Waals surface area (Å²) in [6.45, 7) is 8.18. The topological polar surface area (TPSA) is 79.2 Å². The predicted octanol–water partition coefficient (Wildman–Crippen LogP) is 1.94. The van der Waals surface area contributed by atoms with Gasteiger partial charge < -0.3 is 10.2 Å². The summed E-state index contributed by atoms with van der Waals surface area (Å²) in [6, 6.07) is 1.84. The van der Waals surface area contributed by atoms with E-state index in [4.69, 9.17) is 0 Å². The van der Waals surface area contributed by atoms with E-state index in [0.29, 0.717) is 12.5 Å². The monoisotopic (exact) mass is 423 g/mol. The average Bonchev–Trinajstić information content (AvgIpc) is 3.45. The van der Waals surface area contributed by atoms with E-state index in [9.17, 15) is 4.79 Å². The zero-order chi connectivity index (χ0) is 21.3. The Morgan fingerprint density at radius 1 is 1.26 bits per heavy atom. The highest BCUT2D eigenvalue weighted by atomic mass is 16.2. The van der Waals surface area contributed by atoms with Crippen LogP contribution in [0.3, 0.4) is 0 Å². The SMILES string of the molecule is CCn1cc(CN2CCC[C@]3(C(=O)NCC4CC4)CN(c4ncccn4)C[C@@H]3C2)cn1. The van der Waals surface area contributed by atoms with E-state index < -0.39 is 0 Å². The van der Waals surface area contributed by atoms with E-state index >= 15 is 0 Å². The Morgan fingerprint density at radius 3 is 2.84 bits per heavy atom. The number of nitrogens with one attached hydrogen (secondary N) is 1. The molecule has 0 radical (unpaired) electrons. The summed E-state index contributed by atoms with van der Waals surface area (Å²) in [5.74, 6) is 1.93. The second-order valence-corrected chi connectivity index (χ2v) is 9.48. The number of anilines is 1. The van der Waals surface area contributed by atoms with Crippen LogP contribution in [0.4, 0.5) is 5.95 Å². The molecule has 8 nitrogen and oxygen atoms in total. The molecule has 2 aromatic heterocycles. The van der Waals surface area contributed by atoms with Crippen molar-refractivity contribution in [3.8, 4) is 0 Å². The van der Waals surface area contributed by atoms with Gasteiger partial charge in [-0.2, -0.15) is 5.10 Å². The largest absolute Gasteiger partial charge is 0.355 e. The predicted molar refractivity (Wildman–Crippen MR) is 118 cm³/mol. The van der Waals surface area contributed by atoms with Gasteiger partial charge in [0.2, 0.25) is 11.9 Å². The van der Waals surface area contributed by atoms with Gasteiger partial charge in [-0.25, -0.2) is 9.97 Å². The number of carbonyl (C=O) groups is 1. The van der Waals surface area contributed by atoms with Gasteiger partial charge in [0.15, 0.2) is 0 Å². The summed E-state index contributed by atoms with van der Waals surface area (Å²) in [7, 11) is 0. The maximum absolute atomic E-state index is 13.6. The summed E-state index contributed by atoms with van der Waals surface area (Å²) in [6.07, 6.45) is 12.1. The van der Waals surface area contributed by atoms with Crippen LogP contribution in [0, 0.1) is 17.3 Å². The second kappa shape index (κ2) is 8.57. The van der Waals surface area contributed by atoms with Crippen molar-refractivity contribution in [2.45, 2.75) is 45.7 Å². The highest BCUT2D eigenvalue weighted by molar-refractivity contribution is 5.84. The van der Waals surface area contributed by atoms with Gasteiger partial charge in [-0.1, -0.05) is 0 Å². The lowest BCUT2D eigenvalue weighted by Crippen LogP contribution is -2.48. The smallest absolute Gasteiger partial charge is 0.228 e. The van der Waals surface area contributed by atoms with E-state index in [2.05, 4.69) is 43.3 Å². The van der Waals surface area contributed by atoms with Crippen LogP contribution in [0.15, 0.2) is 30.9 Å². The molecule has 0 bridgehead atoms. The fourth-order valence-corrected chi connectivity index (χ4v) is 5.29. The van der Waals surface area contributed by atoms with Crippen LogP contribution >= 0.6 is 0 Å². The first-order chi connectivity index (χ1) is 15.2. The quantitative estimate of drug-likeness (QED) is 0.733. The van der Waals surface area contributed by atoms with Gasteiger partial charge in [-0.05, 0) is 51.1 Å². The van der Waals surface area contributed by atoms with Crippen molar-refractivity contribution < 1.29 is 4.79 Å². The van der Waals surface area contributed by atoms with Gasteiger partial charge in [-0.15, -0.1) is 0 Å². The van der Waals surface area contributed by atoms with E-state index in [-0.39, 0.29) is 17.2 Å². The third-order valence-electron chi connectivity index (χ3n) is 7.22. The van der Waals surface area contributed by atoms with Crippen molar-refractivity contribution in [1.29, 1.82) is 0 Å². The molecule has 5 rings (SSSR count). The van der Waals surface area contributed by atoms with Crippen LogP contribution in [0.1, 0.15) is 38.2 Å². The molecule has 3 aliphatic rings. The van der Waals surface area contributed by atoms with Crippen LogP contribution in [0.25, 0.3) is 0 Å². The van der Waals surface area contributed by atoms with Crippen molar-refractivity contribution in [1.82, 2.24) is 30.0 Å². The van der Waals surface area contributed by atoms with Crippen molar-refractivity contribution in [3.63, 3.8) is 0 Å². The normalized spacial score (nSPS) is 26.5. The number of nitrogens with zero attached hydrogens (tertiary/aromatic N) is 6. The molecule has 2 aromatic rings. The summed E-state index contributed by atoms with van der Waals surface area (Å²) < 4.78 is 1.98. The van der Waals surface area contributed by atoms with E-state index in [1.54, 1.807) is 12.4 Å². The summed E-state index contributed by atoms with van der Waals surface area (Å²) in [5, 5.41) is 7.75. The Kier molecular flexibility index (Phi) is 5.65. The highest BCUT2D eigenvalue weighted by Gasteiger charge is 2.53. The van der Waals surface area contributed by atoms with Crippen LogP contribution in [-0.2, 0) is 17.9 Å². The van der Waals surface area contributed by atoms with Crippen LogP contribution in [0.2, 0.25) is 0 Å². The first-order valence-corrected chi connectivity index (χ1v) is 11.7. The molecule has 0 aromatic carbocycles. The van der Waals surface area contributed by atoms with Gasteiger partial charge in [-0.3, -0.25) is 14.4 Å². The fraction of sp³-hybridized carbons (Fsp3) is 0.652. The zero-order valence-corrected chi connectivity index (χ0v) is 18.4. The molecule has 2 aliphatic heterocycles. The summed E-state index contributed by atoms with van der Waals surface area (Å²) in [5.41, 5.74) is 0.880. The molecule has 2 saturated heterocycles. The van der Waals surface area contributed by atoms with Crippen LogP contribution < -0.4 is 10.2 Å². The highest BCUT2D eigenvalue weighted by Crippen LogP contribution is 2.44. The number of fused-ring (bicyclic) bond motifs is 1. The molecule has 1 aliphatic carbocycles. The van der Waals surface area contributed by atoms with E-state index in [0.717, 1.165) is 58.1 Å². The van der Waals surface area contributed by atoms with Gasteiger partial charge in [0.25, 0.3) is 0 Å². The minimum Gasteiger partial charge on any atom is -0.355 e. The van der Waals surface area contributed by atoms with Crippen LogP contribution in [0.5, 0.6) is 0 Å². The first kappa shape index (κ1) is 20.4. The Balaban J connectivity index is 1.35. The molecule has 0 unspecified atom stereocenters. The number of hydrogen-bond acceptors (Lipinski definition) is 6. The zero-order valence-electron chi connectivity index (χ0n) is 18.4. The van der Waals surface area contributed by atoms with Crippen LogP contribution in [-0.4, -0.2) is 63.3 Å². The minimum atomic E-state index is -0.365. The molecule has 0 spiro atoms. The maximum atomic E-state index is 13.6. The molecule has 1 amide bonds. The number of rotatable bonds is 7. The molecular formula is C23H33N7O. The maximum Gasteiger partial charge on any atom is 0.228 e. The molecule has 166 valence electrons. The number of aryl methyl sites for hydroxylation is 1. The van der Waals surface area contributed by atoms with E-state index in [1.165, 1.54) is 18.4 Å². The number of aromatic nitrogens is 4. The summed E-state index contributed by atoms with van der Waals surface area (Å²) >= 11 is 0. The Morgan fingerprint density at radius 2 is 2.10 bits per heavy atom. The number of carbonyl (C=O) groups excluding carboxylic acids is 1. The standard InChI is InChI=1S/C23H33N7O/c1-2-30-14-19(12-27-30)13-28-10-3-7-23(21(31)26-11-18-5-6-18)17-29(16-20(23)15-28)22-24-8-4-9-25-22/h4,8-9,12,14,18,20H,2-3,5-7,10-11,13,15-17H2,1H3,(H,26,31)/t20-,23-/m0/s1. The van der Waals surface area contributed by atoms with Gasteiger partial charge in [0.05, 0.1) is 11.6 Å². The van der Waals surface area contributed by atoms with Crippen molar-refractivity contribution in [2.75, 3.05) is 37.6 Å². The molecule has 3 fully saturated rings. The number of likely N-dealkylation sites (tertiary alicyclic amines) is 1. The van der Waals surface area contributed by atoms with Gasteiger partial charge in [0, 0.05) is 69.3 Å². The van der Waals surface area contributed by atoms with Crippen molar-refractivity contribution in [3.05, 3.63) is 36.4 Å². The molecule has 8 heteroatoms. The Labute approximate surface area is 184 Å². The lowest BCUT2D eigenvalue weighted by atomic mass is 9.74. The Hall–Kier alpha value is -2.48. The molecule has 1 N–H and O–H groups in total. The Bertz CT molecular complexity index is 896. The average molecular weight is 424 g/mol. The minimum absolute atomic E-state index is 0.239. The molecule has 1 saturated carbocycles. The molecule has 31 heavy (non-hydrogen) atoms. The van der Waals surface area contributed by atoms with Gasteiger partial charge >= 0.3 is 0 Å². The molecule has 4 heterocycles. The van der Waals surface area contributed by atoms with Crippen molar-refractivity contribution in [2.24, 2.45) is 17.3 Å². The number of amides is 1. The second-order valence-electron chi connectivity index (χ2n) is 9.48. The first-order valence-electron chi connectivity index (χ1n) is 11.7. The lowest BCUT2D eigenvalue weighted by Gasteiger charge is -2.32. The third kappa shape index (κ3) is 4.31.